The maximum absolute atomic E-state index is 13.9. The molecule has 14 nitrogen and oxygen atoms in total. The molecule has 18 heteroatoms. The number of sulfonamides is 1. The van der Waals surface area contributed by atoms with Crippen LogP contribution in [0.5, 0.6) is 0 Å². The third-order valence-electron chi connectivity index (χ3n) is 8.59. The van der Waals surface area contributed by atoms with Gasteiger partial charge in [0.25, 0.3) is 10.0 Å². The Morgan fingerprint density at radius 2 is 1.64 bits per heavy atom. The number of likely N-dealkylation sites (N-methyl/N-ethyl adjacent to an activating group) is 2. The van der Waals surface area contributed by atoms with Crippen molar-refractivity contribution in [2.75, 3.05) is 20.6 Å². The second-order valence-corrected chi connectivity index (χ2v) is 14.7. The summed E-state index contributed by atoms with van der Waals surface area (Å²) in [6.07, 6.45) is -1.87. The number of nitrogens with one attached hydrogen (secondary N) is 4. The lowest BCUT2D eigenvalue weighted by molar-refractivity contribution is -0.192. The number of alkyl halides is 3. The summed E-state index contributed by atoms with van der Waals surface area (Å²) in [7, 11) is -0.677. The van der Waals surface area contributed by atoms with E-state index < -0.39 is 40.3 Å². The average Bonchev–Trinajstić information content (AvgIpc) is 3.09. The molecule has 0 saturated carbocycles. The Hall–Kier alpha value is -4.71. The number of nitrogens with zero attached hydrogens (tertiary/aromatic N) is 2. The van der Waals surface area contributed by atoms with Gasteiger partial charge in [0.2, 0.25) is 23.7 Å². The number of carbonyl (C=O) groups excluding carboxylic acids is 3. The van der Waals surface area contributed by atoms with Crippen molar-refractivity contribution in [3.05, 3.63) is 65.2 Å². The highest BCUT2D eigenvalue weighted by molar-refractivity contribution is 7.90. The predicted molar refractivity (Wildman–Crippen MR) is 193 cm³/mol. The van der Waals surface area contributed by atoms with E-state index in [9.17, 15) is 36.0 Å². The van der Waals surface area contributed by atoms with Gasteiger partial charge in [-0.2, -0.15) is 13.2 Å². The molecule has 0 saturated heterocycles. The maximum atomic E-state index is 13.9. The summed E-state index contributed by atoms with van der Waals surface area (Å²) < 4.78 is 59.4. The van der Waals surface area contributed by atoms with Gasteiger partial charge in [-0.25, -0.2) is 17.9 Å². The van der Waals surface area contributed by atoms with Gasteiger partial charge in [0.1, 0.15) is 12.1 Å². The number of nitrogens with two attached hydrogens (primary N) is 1. The molecule has 3 amide bonds. The molecule has 0 radical (unpaired) electrons. The molecule has 0 bridgehead atoms. The van der Waals surface area contributed by atoms with Crippen LogP contribution >= 0.6 is 0 Å². The number of aliphatic imine (C=N–C) groups is 1. The Labute approximate surface area is 308 Å². The first kappa shape index (κ1) is 44.5. The Bertz CT molecular complexity index is 1700. The molecule has 4 atom stereocenters. The van der Waals surface area contributed by atoms with E-state index in [1.807, 2.05) is 39.0 Å². The highest BCUT2D eigenvalue weighted by Gasteiger charge is 2.38. The quantitative estimate of drug-likeness (QED) is 0.0946. The van der Waals surface area contributed by atoms with E-state index in [2.05, 4.69) is 31.7 Å². The summed E-state index contributed by atoms with van der Waals surface area (Å²) in [5, 5.41) is 16.0. The van der Waals surface area contributed by atoms with Gasteiger partial charge in [0, 0.05) is 13.6 Å². The highest BCUT2D eigenvalue weighted by Crippen LogP contribution is 2.30. The smallest absolute Gasteiger partial charge is 0.475 e. The van der Waals surface area contributed by atoms with Crippen LogP contribution in [0.4, 0.5) is 13.2 Å². The number of fused-ring (bicyclic) bond motifs is 1. The third kappa shape index (κ3) is 13.7. The number of rotatable bonds is 14. The number of aliphatic carboxylic acids is 1. The van der Waals surface area contributed by atoms with E-state index in [1.165, 1.54) is 22.6 Å². The molecule has 2 aromatic carbocycles. The number of aryl methyl sites for hydroxylation is 2. The van der Waals surface area contributed by atoms with Crippen LogP contribution in [0.15, 0.2) is 58.4 Å². The Kier molecular flexibility index (Phi) is 16.7. The fourth-order valence-corrected chi connectivity index (χ4v) is 6.35. The number of carboxylic acids is 1. The first-order chi connectivity index (χ1) is 24.7. The van der Waals surface area contributed by atoms with E-state index in [0.717, 1.165) is 30.4 Å². The van der Waals surface area contributed by atoms with Gasteiger partial charge in [0.15, 0.2) is 0 Å². The molecule has 0 aromatic heterocycles. The van der Waals surface area contributed by atoms with Crippen molar-refractivity contribution in [1.29, 1.82) is 0 Å². The van der Waals surface area contributed by atoms with E-state index in [4.69, 9.17) is 15.6 Å². The molecule has 0 heterocycles. The standard InChI is InChI=1S/C33H49N7O5S.C2HF3O2/c1-21(2)29(38-30(41)23(4)35-5)32(43)40(6)28(31(42)37-27-14-9-12-24-11-7-8-13-26(24)27)15-10-20-36-33(34)39-46(44,45)25-18-16-22(3)17-19-25;3-2(4,5)1(6)7/h7-8,11,13,16-19,21,23,27-29,35H,9-10,12,14-15,20H2,1-6H3,(H,37,42)(H,38,41)(H3,34,36,39);(H,6,7)/t23-,27+,28-,29-;/m0./s1. The molecule has 0 unspecified atom stereocenters. The zero-order valence-electron chi connectivity index (χ0n) is 30.7. The monoisotopic (exact) mass is 769 g/mol. The third-order valence-corrected chi connectivity index (χ3v) is 9.96. The lowest BCUT2D eigenvalue weighted by Crippen LogP contribution is -2.57. The summed E-state index contributed by atoms with van der Waals surface area (Å²) >= 11 is 0. The molecule has 0 spiro atoms. The summed E-state index contributed by atoms with van der Waals surface area (Å²) in [6.45, 7) is 7.35. The molecule has 0 fully saturated rings. The van der Waals surface area contributed by atoms with Crippen LogP contribution in [0.3, 0.4) is 0 Å². The van der Waals surface area contributed by atoms with Crippen LogP contribution in [0.1, 0.15) is 69.2 Å². The number of carboxylic acid groups (broad SMARTS) is 1. The molecule has 7 N–H and O–H groups in total. The maximum Gasteiger partial charge on any atom is 0.490 e. The zero-order valence-corrected chi connectivity index (χ0v) is 31.5. The molecule has 3 rings (SSSR count). The minimum atomic E-state index is -5.08. The van der Waals surface area contributed by atoms with Gasteiger partial charge in [-0.3, -0.25) is 19.4 Å². The van der Waals surface area contributed by atoms with Crippen molar-refractivity contribution >= 4 is 39.7 Å². The zero-order chi connectivity index (χ0) is 40.1. The largest absolute Gasteiger partial charge is 0.490 e. The molecule has 1 aliphatic rings. The molecule has 1 aliphatic carbocycles. The number of amides is 3. The van der Waals surface area contributed by atoms with Gasteiger partial charge in [-0.05, 0) is 82.2 Å². The molecule has 2 aromatic rings. The van der Waals surface area contributed by atoms with Gasteiger partial charge >= 0.3 is 12.1 Å². The molecule has 294 valence electrons. The van der Waals surface area contributed by atoms with Crippen LogP contribution in [0, 0.1) is 12.8 Å². The topological polar surface area (TPSA) is 212 Å². The van der Waals surface area contributed by atoms with Crippen molar-refractivity contribution in [3.8, 4) is 0 Å². The molecular formula is C35H50F3N7O7S. The van der Waals surface area contributed by atoms with Crippen LogP contribution in [-0.4, -0.2) is 93.0 Å². The van der Waals surface area contributed by atoms with Crippen molar-refractivity contribution in [2.24, 2.45) is 16.6 Å². The number of benzene rings is 2. The lowest BCUT2D eigenvalue weighted by atomic mass is 9.87. The number of hydrogen-bond acceptors (Lipinski definition) is 8. The van der Waals surface area contributed by atoms with E-state index >= 15 is 0 Å². The number of carbonyl (C=O) groups is 4. The van der Waals surface area contributed by atoms with Gasteiger partial charge in [-0.1, -0.05) is 55.8 Å². The average molecular weight is 770 g/mol. The Balaban J connectivity index is 0.00000126. The summed E-state index contributed by atoms with van der Waals surface area (Å²) in [5.41, 5.74) is 9.09. The highest BCUT2D eigenvalue weighted by atomic mass is 32.2. The van der Waals surface area contributed by atoms with Crippen molar-refractivity contribution in [3.63, 3.8) is 0 Å². The van der Waals surface area contributed by atoms with Crippen LogP contribution < -0.4 is 26.4 Å². The fraction of sp³-hybridized carbons (Fsp3) is 0.514. The van der Waals surface area contributed by atoms with Crippen molar-refractivity contribution in [2.45, 2.75) is 95.0 Å². The van der Waals surface area contributed by atoms with Crippen molar-refractivity contribution < 1.29 is 45.9 Å². The van der Waals surface area contributed by atoms with Crippen LogP contribution in [0.25, 0.3) is 0 Å². The lowest BCUT2D eigenvalue weighted by Gasteiger charge is -2.34. The second-order valence-electron chi connectivity index (χ2n) is 13.0. The van der Waals surface area contributed by atoms with Gasteiger partial charge in [-0.15, -0.1) is 0 Å². The second kappa shape index (κ2) is 19.9. The SMILES string of the molecule is CN[C@@H](C)C(=O)N[C@H](C(=O)N(C)[C@@H](CCCN=C(N)NS(=O)(=O)c1ccc(C)cc1)C(=O)N[C@@H]1CCCc2ccccc21)C(C)C.O=C(O)C(F)(F)F. The predicted octanol–water partition coefficient (Wildman–Crippen LogP) is 2.77. The number of halogens is 3. The first-order valence-electron chi connectivity index (χ1n) is 17.0. The first-order valence-corrected chi connectivity index (χ1v) is 18.5. The van der Waals surface area contributed by atoms with Crippen LogP contribution in [0.2, 0.25) is 0 Å². The summed E-state index contributed by atoms with van der Waals surface area (Å²) in [4.78, 5) is 54.9. The summed E-state index contributed by atoms with van der Waals surface area (Å²) in [5.74, 6) is -4.28. The normalized spacial score (nSPS) is 16.2. The molecular weight excluding hydrogens is 719 g/mol. The minimum absolute atomic E-state index is 0.0633. The van der Waals surface area contributed by atoms with Gasteiger partial charge < -0.3 is 31.7 Å². The van der Waals surface area contributed by atoms with E-state index in [1.54, 1.807) is 33.2 Å². The number of guanidine groups is 1. The van der Waals surface area contributed by atoms with Crippen LogP contribution in [-0.2, 0) is 35.6 Å². The molecule has 53 heavy (non-hydrogen) atoms. The fourth-order valence-electron chi connectivity index (χ4n) is 5.40. The van der Waals surface area contributed by atoms with Gasteiger partial charge in [0.05, 0.1) is 17.0 Å². The Morgan fingerprint density at radius 1 is 1.04 bits per heavy atom. The van der Waals surface area contributed by atoms with E-state index in [-0.39, 0.29) is 53.5 Å². The minimum Gasteiger partial charge on any atom is -0.475 e. The summed E-state index contributed by atoms with van der Waals surface area (Å²) in [6, 6.07) is 12.0. The Morgan fingerprint density at radius 3 is 2.21 bits per heavy atom. The van der Waals surface area contributed by atoms with Crippen molar-refractivity contribution in [1.82, 2.24) is 25.6 Å². The number of hydrogen-bond donors (Lipinski definition) is 6. The van der Waals surface area contributed by atoms with E-state index in [0.29, 0.717) is 6.42 Å². The molecule has 0 aliphatic heterocycles.